The summed E-state index contributed by atoms with van der Waals surface area (Å²) >= 11 is 0. The van der Waals surface area contributed by atoms with Crippen molar-refractivity contribution in [1.29, 1.82) is 0 Å². The Labute approximate surface area is 108 Å². The number of hydrogen-bond donors (Lipinski definition) is 1. The van der Waals surface area contributed by atoms with Crippen LogP contribution in [0.4, 0.5) is 0 Å². The van der Waals surface area contributed by atoms with Gasteiger partial charge in [0.25, 0.3) is 5.91 Å². The topological polar surface area (TPSA) is 59.2 Å². The van der Waals surface area contributed by atoms with Gasteiger partial charge in [0.15, 0.2) is 0 Å². The summed E-state index contributed by atoms with van der Waals surface area (Å²) in [6, 6.07) is 5.59. The fraction of sp³-hybridized carbons (Fsp3) is 0.571. The number of aryl methyl sites for hydroxylation is 1. The van der Waals surface area contributed by atoms with Crippen molar-refractivity contribution in [2.24, 2.45) is 11.7 Å². The minimum absolute atomic E-state index is 0.0601. The molecular weight excluding hydrogens is 226 g/mol. The first-order chi connectivity index (χ1) is 8.70. The number of carbonyl (C=O) groups is 1. The molecule has 1 aliphatic heterocycles. The summed E-state index contributed by atoms with van der Waals surface area (Å²) in [4.78, 5) is 18.5. The quantitative estimate of drug-likeness (QED) is 0.882. The molecule has 0 atom stereocenters. The second-order valence-corrected chi connectivity index (χ2v) is 4.98. The van der Waals surface area contributed by atoms with E-state index >= 15 is 0 Å². The lowest BCUT2D eigenvalue weighted by atomic mass is 9.93. The van der Waals surface area contributed by atoms with E-state index in [9.17, 15) is 4.79 Å². The molecule has 1 amide bonds. The van der Waals surface area contributed by atoms with Gasteiger partial charge < -0.3 is 10.6 Å². The third-order valence-corrected chi connectivity index (χ3v) is 3.58. The van der Waals surface area contributed by atoms with Crippen LogP contribution in [0.25, 0.3) is 0 Å². The van der Waals surface area contributed by atoms with Crippen LogP contribution in [-0.4, -0.2) is 35.4 Å². The highest BCUT2D eigenvalue weighted by molar-refractivity contribution is 5.92. The summed E-state index contributed by atoms with van der Waals surface area (Å²) in [7, 11) is 0. The number of likely N-dealkylation sites (tertiary alicyclic amines) is 1. The Morgan fingerprint density at radius 3 is 2.78 bits per heavy atom. The van der Waals surface area contributed by atoms with Crippen molar-refractivity contribution < 1.29 is 4.79 Å². The van der Waals surface area contributed by atoms with Crippen LogP contribution in [0.1, 0.15) is 35.4 Å². The number of nitrogens with zero attached hydrogens (tertiary/aromatic N) is 2. The molecule has 0 aromatic carbocycles. The van der Waals surface area contributed by atoms with Gasteiger partial charge in [-0.3, -0.25) is 4.79 Å². The monoisotopic (exact) mass is 247 g/mol. The molecule has 2 heterocycles. The van der Waals surface area contributed by atoms with Crippen molar-refractivity contribution in [3.63, 3.8) is 0 Å². The first-order valence-corrected chi connectivity index (χ1v) is 6.63. The minimum Gasteiger partial charge on any atom is -0.337 e. The highest BCUT2D eigenvalue weighted by Gasteiger charge is 2.23. The highest BCUT2D eigenvalue weighted by Crippen LogP contribution is 2.20. The molecule has 1 saturated heterocycles. The van der Waals surface area contributed by atoms with Crippen molar-refractivity contribution in [3.05, 3.63) is 29.6 Å². The van der Waals surface area contributed by atoms with Crippen LogP contribution >= 0.6 is 0 Å². The fourth-order valence-electron chi connectivity index (χ4n) is 2.48. The van der Waals surface area contributed by atoms with Gasteiger partial charge in [-0.25, -0.2) is 4.98 Å². The average molecular weight is 247 g/mol. The lowest BCUT2D eigenvalue weighted by Crippen LogP contribution is -2.39. The number of rotatable bonds is 3. The molecule has 0 radical (unpaired) electrons. The van der Waals surface area contributed by atoms with E-state index in [-0.39, 0.29) is 5.91 Å². The van der Waals surface area contributed by atoms with E-state index in [0.29, 0.717) is 11.6 Å². The van der Waals surface area contributed by atoms with E-state index in [1.165, 1.54) is 0 Å². The Balaban J connectivity index is 1.95. The van der Waals surface area contributed by atoms with E-state index in [1.807, 2.05) is 24.0 Å². The summed E-state index contributed by atoms with van der Waals surface area (Å²) in [6.07, 6.45) is 3.20. The molecule has 1 aromatic rings. The third kappa shape index (κ3) is 3.07. The zero-order valence-electron chi connectivity index (χ0n) is 10.9. The van der Waals surface area contributed by atoms with E-state index < -0.39 is 0 Å². The zero-order valence-corrected chi connectivity index (χ0v) is 10.9. The molecule has 1 aromatic heterocycles. The summed E-state index contributed by atoms with van der Waals surface area (Å²) in [5.74, 6) is 0.745. The molecule has 1 aliphatic rings. The van der Waals surface area contributed by atoms with Crippen LogP contribution in [0.5, 0.6) is 0 Å². The number of pyridine rings is 1. The van der Waals surface area contributed by atoms with Crippen molar-refractivity contribution >= 4 is 5.91 Å². The molecule has 1 fully saturated rings. The average Bonchev–Trinajstić information content (AvgIpc) is 2.39. The minimum atomic E-state index is 0.0601. The van der Waals surface area contributed by atoms with Crippen molar-refractivity contribution in [3.8, 4) is 0 Å². The van der Waals surface area contributed by atoms with Gasteiger partial charge >= 0.3 is 0 Å². The van der Waals surface area contributed by atoms with Crippen LogP contribution in [0.2, 0.25) is 0 Å². The second kappa shape index (κ2) is 5.96. The molecule has 18 heavy (non-hydrogen) atoms. The first-order valence-electron chi connectivity index (χ1n) is 6.63. The molecule has 0 spiro atoms. The maximum Gasteiger partial charge on any atom is 0.272 e. The van der Waals surface area contributed by atoms with Crippen LogP contribution < -0.4 is 5.73 Å². The molecule has 4 nitrogen and oxygen atoms in total. The Bertz CT molecular complexity index is 411. The molecule has 98 valence electrons. The van der Waals surface area contributed by atoms with Gasteiger partial charge in [0.1, 0.15) is 5.69 Å². The van der Waals surface area contributed by atoms with Gasteiger partial charge in [0.2, 0.25) is 0 Å². The van der Waals surface area contributed by atoms with E-state index in [2.05, 4.69) is 4.98 Å². The van der Waals surface area contributed by atoms with Crippen LogP contribution in [0.15, 0.2) is 18.2 Å². The summed E-state index contributed by atoms with van der Waals surface area (Å²) in [5, 5.41) is 0. The smallest absolute Gasteiger partial charge is 0.272 e. The predicted molar refractivity (Wildman–Crippen MR) is 71.3 cm³/mol. The zero-order chi connectivity index (χ0) is 13.0. The van der Waals surface area contributed by atoms with Crippen molar-refractivity contribution in [1.82, 2.24) is 9.88 Å². The van der Waals surface area contributed by atoms with Crippen molar-refractivity contribution in [2.45, 2.75) is 26.2 Å². The molecular formula is C14H21N3O. The van der Waals surface area contributed by atoms with E-state index in [0.717, 1.165) is 44.6 Å². The summed E-state index contributed by atoms with van der Waals surface area (Å²) in [5.41, 5.74) is 7.02. The normalized spacial score (nSPS) is 16.9. The number of carbonyl (C=O) groups excluding carboxylic acids is 1. The molecule has 0 aliphatic carbocycles. The number of aromatic nitrogens is 1. The SMILES string of the molecule is Cc1cccc(C(=O)N2CCC(CCN)CC2)n1. The Kier molecular flexibility index (Phi) is 4.31. The molecule has 0 bridgehead atoms. The molecule has 2 N–H and O–H groups in total. The largest absolute Gasteiger partial charge is 0.337 e. The van der Waals surface area contributed by atoms with Gasteiger partial charge in [-0.05, 0) is 50.8 Å². The maximum atomic E-state index is 12.3. The third-order valence-electron chi connectivity index (χ3n) is 3.58. The lowest BCUT2D eigenvalue weighted by Gasteiger charge is -2.31. The standard InChI is InChI=1S/C14H21N3O/c1-11-3-2-4-13(16-11)14(18)17-9-6-12(5-8-15)7-10-17/h2-4,12H,5-10,15H2,1H3. The van der Waals surface area contributed by atoms with Gasteiger partial charge in [-0.2, -0.15) is 0 Å². The summed E-state index contributed by atoms with van der Waals surface area (Å²) < 4.78 is 0. The molecule has 0 saturated carbocycles. The molecule has 0 unspecified atom stereocenters. The van der Waals surface area contributed by atoms with Crippen LogP contribution in [0.3, 0.4) is 0 Å². The van der Waals surface area contributed by atoms with Gasteiger partial charge in [0, 0.05) is 18.8 Å². The maximum absolute atomic E-state index is 12.3. The highest BCUT2D eigenvalue weighted by atomic mass is 16.2. The van der Waals surface area contributed by atoms with E-state index in [1.54, 1.807) is 6.07 Å². The van der Waals surface area contributed by atoms with Gasteiger partial charge in [0.05, 0.1) is 0 Å². The number of piperidine rings is 1. The Morgan fingerprint density at radius 1 is 1.44 bits per heavy atom. The van der Waals surface area contributed by atoms with Crippen molar-refractivity contribution in [2.75, 3.05) is 19.6 Å². The Hall–Kier alpha value is -1.42. The molecule has 2 rings (SSSR count). The predicted octanol–water partition coefficient (Wildman–Crippen LogP) is 1.59. The van der Waals surface area contributed by atoms with Crippen LogP contribution in [0, 0.1) is 12.8 Å². The Morgan fingerprint density at radius 2 is 2.17 bits per heavy atom. The van der Waals surface area contributed by atoms with Crippen LogP contribution in [-0.2, 0) is 0 Å². The fourth-order valence-corrected chi connectivity index (χ4v) is 2.48. The number of amides is 1. The summed E-state index contributed by atoms with van der Waals surface area (Å²) in [6.45, 7) is 4.32. The van der Waals surface area contributed by atoms with Gasteiger partial charge in [-0.15, -0.1) is 0 Å². The second-order valence-electron chi connectivity index (χ2n) is 4.98. The lowest BCUT2D eigenvalue weighted by molar-refractivity contribution is 0.0682. The molecule has 4 heteroatoms. The first kappa shape index (κ1) is 13.0. The van der Waals surface area contributed by atoms with E-state index in [4.69, 9.17) is 5.73 Å². The number of nitrogens with two attached hydrogens (primary N) is 1. The number of hydrogen-bond acceptors (Lipinski definition) is 3. The van der Waals surface area contributed by atoms with Gasteiger partial charge in [-0.1, -0.05) is 6.07 Å².